The molecule has 2 N–H and O–H groups in total. The minimum Gasteiger partial charge on any atom is -0.438 e. The van der Waals surface area contributed by atoms with Gasteiger partial charge in [0.25, 0.3) is 0 Å². The Bertz CT molecular complexity index is 654. The topological polar surface area (TPSA) is 78.9 Å². The van der Waals surface area contributed by atoms with E-state index in [0.717, 1.165) is 19.3 Å². The number of carbonyl (C=O) groups excluding carboxylic acids is 2. The van der Waals surface area contributed by atoms with Crippen LogP contribution in [0.15, 0.2) is 24.3 Å². The molecule has 1 aliphatic carbocycles. The van der Waals surface area contributed by atoms with E-state index in [0.29, 0.717) is 23.6 Å². The number of nitrogens with one attached hydrogen (secondary N) is 1. The van der Waals surface area contributed by atoms with E-state index in [1.807, 2.05) is 0 Å². The predicted octanol–water partition coefficient (Wildman–Crippen LogP) is 3.53. The van der Waals surface area contributed by atoms with Gasteiger partial charge in [0, 0.05) is 23.7 Å². The maximum atomic E-state index is 12.3. The fraction of sp³-hybridized carbons (Fsp3) is 0.556. The summed E-state index contributed by atoms with van der Waals surface area (Å²) < 4.78 is 5.57. The average Bonchev–Trinajstić information content (AvgIpc) is 2.74. The second-order valence-corrected chi connectivity index (χ2v) is 7.34. The first-order valence-electron chi connectivity index (χ1n) is 8.62. The molecule has 3 rings (SSSR count). The Morgan fingerprint density at radius 2 is 1.92 bits per heavy atom. The number of rotatable bonds is 4. The summed E-state index contributed by atoms with van der Waals surface area (Å²) in [5.41, 5.74) is -1.62. The van der Waals surface area contributed by atoms with Gasteiger partial charge in [-0.05, 0) is 56.9 Å². The lowest BCUT2D eigenvalue weighted by atomic mass is 9.77. The number of benzene rings is 1. The minimum atomic E-state index is -1.40. The Labute approximate surface area is 152 Å². The lowest BCUT2D eigenvalue weighted by molar-refractivity contribution is -0.159. The third-order valence-corrected chi connectivity index (χ3v) is 5.50. The number of ether oxygens (including phenoxy) is 1. The van der Waals surface area contributed by atoms with E-state index in [-0.39, 0.29) is 18.9 Å². The normalized spacial score (nSPS) is 25.1. The number of anilines is 1. The molecular formula is C18H23ClN2O4. The average molecular weight is 367 g/mol. The van der Waals surface area contributed by atoms with Crippen LogP contribution in [0.1, 0.15) is 45.4 Å². The highest BCUT2D eigenvalue weighted by Crippen LogP contribution is 2.46. The first-order valence-corrected chi connectivity index (χ1v) is 9.00. The van der Waals surface area contributed by atoms with E-state index >= 15 is 0 Å². The van der Waals surface area contributed by atoms with Crippen LogP contribution >= 0.6 is 11.6 Å². The monoisotopic (exact) mass is 366 g/mol. The summed E-state index contributed by atoms with van der Waals surface area (Å²) in [5.74, 6) is -0.240. The molecule has 0 aromatic heterocycles. The molecule has 1 aliphatic heterocycles. The summed E-state index contributed by atoms with van der Waals surface area (Å²) >= 11 is 5.82. The van der Waals surface area contributed by atoms with Crippen molar-refractivity contribution in [3.8, 4) is 0 Å². The fourth-order valence-corrected chi connectivity index (χ4v) is 3.85. The second-order valence-electron chi connectivity index (χ2n) is 6.90. The minimum absolute atomic E-state index is 0.0734. The molecule has 136 valence electrons. The van der Waals surface area contributed by atoms with Gasteiger partial charge in [0.1, 0.15) is 0 Å². The quantitative estimate of drug-likeness (QED) is 0.854. The third kappa shape index (κ3) is 3.46. The Kier molecular flexibility index (Phi) is 4.93. The maximum absolute atomic E-state index is 12.3. The Morgan fingerprint density at radius 1 is 1.28 bits per heavy atom. The van der Waals surface area contributed by atoms with Crippen molar-refractivity contribution in [2.24, 2.45) is 0 Å². The molecule has 1 heterocycles. The Balaban J connectivity index is 1.61. The van der Waals surface area contributed by atoms with E-state index in [4.69, 9.17) is 16.3 Å². The van der Waals surface area contributed by atoms with Crippen LogP contribution in [0.2, 0.25) is 5.02 Å². The van der Waals surface area contributed by atoms with Gasteiger partial charge in [-0.2, -0.15) is 0 Å². The first-order chi connectivity index (χ1) is 11.8. The first kappa shape index (κ1) is 18.0. The molecule has 0 radical (unpaired) electrons. The van der Waals surface area contributed by atoms with Gasteiger partial charge in [-0.15, -0.1) is 0 Å². The fourth-order valence-electron chi connectivity index (χ4n) is 3.72. The van der Waals surface area contributed by atoms with Crippen LogP contribution in [-0.2, 0) is 9.53 Å². The van der Waals surface area contributed by atoms with Crippen molar-refractivity contribution in [1.82, 2.24) is 4.90 Å². The van der Waals surface area contributed by atoms with Crippen LogP contribution in [0.5, 0.6) is 0 Å². The molecule has 1 aromatic carbocycles. The number of nitrogens with zero attached hydrogens (tertiary/aromatic N) is 1. The summed E-state index contributed by atoms with van der Waals surface area (Å²) in [5, 5.41) is 14.3. The van der Waals surface area contributed by atoms with Crippen LogP contribution in [-0.4, -0.2) is 39.9 Å². The molecule has 1 saturated heterocycles. The largest absolute Gasteiger partial charge is 0.438 e. The predicted molar refractivity (Wildman–Crippen MR) is 94.3 cm³/mol. The van der Waals surface area contributed by atoms with Gasteiger partial charge in [0.15, 0.2) is 11.3 Å². The molecule has 2 fully saturated rings. The van der Waals surface area contributed by atoms with Crippen LogP contribution < -0.4 is 5.32 Å². The number of aliphatic hydroxyl groups is 1. The zero-order chi connectivity index (χ0) is 18.1. The molecule has 6 nitrogen and oxygen atoms in total. The summed E-state index contributed by atoms with van der Waals surface area (Å²) in [6, 6.07) is 6.79. The van der Waals surface area contributed by atoms with Crippen molar-refractivity contribution in [3.63, 3.8) is 0 Å². The Morgan fingerprint density at radius 3 is 2.56 bits per heavy atom. The maximum Gasteiger partial charge on any atom is 0.412 e. The third-order valence-electron chi connectivity index (χ3n) is 5.24. The zero-order valence-electron chi connectivity index (χ0n) is 14.3. The van der Waals surface area contributed by atoms with Gasteiger partial charge in [0.05, 0.1) is 0 Å². The van der Waals surface area contributed by atoms with Gasteiger partial charge in [0.2, 0.25) is 5.91 Å². The molecule has 7 heteroatoms. The molecule has 0 unspecified atom stereocenters. The van der Waals surface area contributed by atoms with Gasteiger partial charge in [-0.1, -0.05) is 18.0 Å². The van der Waals surface area contributed by atoms with E-state index < -0.39 is 17.4 Å². The van der Waals surface area contributed by atoms with Crippen molar-refractivity contribution in [2.75, 3.05) is 11.9 Å². The van der Waals surface area contributed by atoms with E-state index in [1.54, 1.807) is 31.2 Å². The van der Waals surface area contributed by atoms with Crippen LogP contribution in [0.3, 0.4) is 0 Å². The van der Waals surface area contributed by atoms with Crippen LogP contribution in [0, 0.1) is 0 Å². The van der Waals surface area contributed by atoms with Gasteiger partial charge < -0.3 is 15.2 Å². The summed E-state index contributed by atoms with van der Waals surface area (Å²) in [6.07, 6.45) is 3.76. The molecule has 1 spiro atoms. The molecule has 2 aliphatic rings. The Hall–Kier alpha value is -1.79. The van der Waals surface area contributed by atoms with Crippen molar-refractivity contribution in [2.45, 2.75) is 56.8 Å². The van der Waals surface area contributed by atoms with Gasteiger partial charge in [-0.3, -0.25) is 9.69 Å². The summed E-state index contributed by atoms with van der Waals surface area (Å²) in [6.45, 7) is 1.72. The van der Waals surface area contributed by atoms with E-state index in [1.165, 1.54) is 4.90 Å². The number of halogens is 1. The molecule has 25 heavy (non-hydrogen) atoms. The highest BCUT2D eigenvalue weighted by molar-refractivity contribution is 6.30. The SMILES string of the molecule is C[C@]1(O)N(CCC(=O)Nc2ccc(Cl)cc2)C(=O)OC12CCCCC2. The van der Waals surface area contributed by atoms with Crippen LogP contribution in [0.4, 0.5) is 10.5 Å². The zero-order valence-corrected chi connectivity index (χ0v) is 15.0. The van der Waals surface area contributed by atoms with Crippen molar-refractivity contribution < 1.29 is 19.4 Å². The summed E-state index contributed by atoms with van der Waals surface area (Å²) in [4.78, 5) is 25.7. The smallest absolute Gasteiger partial charge is 0.412 e. The second kappa shape index (κ2) is 6.84. The number of hydrogen-bond donors (Lipinski definition) is 2. The summed E-state index contributed by atoms with van der Waals surface area (Å²) in [7, 11) is 0. The lowest BCUT2D eigenvalue weighted by Crippen LogP contribution is -2.57. The molecular weight excluding hydrogens is 344 g/mol. The highest BCUT2D eigenvalue weighted by atomic mass is 35.5. The molecule has 1 atom stereocenters. The van der Waals surface area contributed by atoms with Crippen molar-refractivity contribution >= 4 is 29.3 Å². The van der Waals surface area contributed by atoms with Crippen LogP contribution in [0.25, 0.3) is 0 Å². The van der Waals surface area contributed by atoms with Gasteiger partial charge in [-0.25, -0.2) is 4.79 Å². The van der Waals surface area contributed by atoms with E-state index in [2.05, 4.69) is 5.32 Å². The molecule has 1 aromatic rings. The van der Waals surface area contributed by atoms with Crippen molar-refractivity contribution in [3.05, 3.63) is 29.3 Å². The van der Waals surface area contributed by atoms with E-state index in [9.17, 15) is 14.7 Å². The number of hydrogen-bond acceptors (Lipinski definition) is 4. The molecule has 0 bridgehead atoms. The standard InChI is InChI=1S/C18H23ClN2O4/c1-17(24)18(10-3-2-4-11-18)25-16(23)21(17)12-9-15(22)20-14-7-5-13(19)6-8-14/h5-8,24H,2-4,9-12H2,1H3,(H,20,22)/t17-/m1/s1. The number of carbonyl (C=O) groups is 2. The highest BCUT2D eigenvalue weighted by Gasteiger charge is 2.61. The van der Waals surface area contributed by atoms with Gasteiger partial charge >= 0.3 is 6.09 Å². The molecule has 1 saturated carbocycles. The number of amides is 2. The molecule has 2 amide bonds. The lowest BCUT2D eigenvalue weighted by Gasteiger charge is -2.42. The van der Waals surface area contributed by atoms with Crippen molar-refractivity contribution in [1.29, 1.82) is 0 Å².